The number of hydrogen-bond acceptors (Lipinski definition) is 6. The minimum atomic E-state index is -0.330. The van der Waals surface area contributed by atoms with Crippen molar-refractivity contribution in [1.82, 2.24) is 25.1 Å². The van der Waals surface area contributed by atoms with Crippen molar-refractivity contribution in [3.8, 4) is 5.69 Å². The summed E-state index contributed by atoms with van der Waals surface area (Å²) in [5.41, 5.74) is 1.15. The fourth-order valence-electron chi connectivity index (χ4n) is 2.91. The zero-order chi connectivity index (χ0) is 21.6. The number of H-pyrrole nitrogens is 1. The first-order chi connectivity index (χ1) is 15.1. The lowest BCUT2D eigenvalue weighted by Gasteiger charge is -2.11. The average Bonchev–Trinajstić information content (AvgIpc) is 3.43. The van der Waals surface area contributed by atoms with Crippen LogP contribution in [0.25, 0.3) is 22.8 Å². The summed E-state index contributed by atoms with van der Waals surface area (Å²) < 4.78 is 6.59. The van der Waals surface area contributed by atoms with Crippen LogP contribution in [0.3, 0.4) is 0 Å². The van der Waals surface area contributed by atoms with Crippen molar-refractivity contribution in [2.45, 2.75) is 6.42 Å². The van der Waals surface area contributed by atoms with Gasteiger partial charge in [-0.2, -0.15) is 5.10 Å². The molecule has 31 heavy (non-hydrogen) atoms. The van der Waals surface area contributed by atoms with Gasteiger partial charge in [-0.05, 0) is 30.3 Å². The monoisotopic (exact) mass is 418 g/mol. The normalized spacial score (nSPS) is 11.1. The van der Waals surface area contributed by atoms with E-state index < -0.39 is 0 Å². The maximum atomic E-state index is 12.4. The van der Waals surface area contributed by atoms with Crippen molar-refractivity contribution < 1.29 is 14.0 Å². The van der Waals surface area contributed by atoms with Crippen molar-refractivity contribution in [3.05, 3.63) is 77.4 Å². The zero-order valence-corrected chi connectivity index (χ0v) is 16.2. The van der Waals surface area contributed by atoms with Gasteiger partial charge in [0.05, 0.1) is 30.2 Å². The zero-order valence-electron chi connectivity index (χ0n) is 16.2. The maximum absolute atomic E-state index is 12.4. The van der Waals surface area contributed by atoms with Gasteiger partial charge in [-0.15, -0.1) is 0 Å². The van der Waals surface area contributed by atoms with Gasteiger partial charge in [0.1, 0.15) is 11.1 Å². The van der Waals surface area contributed by atoms with E-state index in [0.717, 1.165) is 0 Å². The van der Waals surface area contributed by atoms with Gasteiger partial charge >= 0.3 is 0 Å². The minimum absolute atomic E-state index is 0.0758. The molecule has 10 nitrogen and oxygen atoms in total. The topological polar surface area (TPSA) is 135 Å². The molecule has 0 fully saturated rings. The number of anilines is 1. The Hall–Kier alpha value is -4.47. The third-order valence-corrected chi connectivity index (χ3v) is 4.37. The summed E-state index contributed by atoms with van der Waals surface area (Å²) in [5, 5.41) is 10.0. The molecule has 10 heteroatoms. The number of amides is 2. The van der Waals surface area contributed by atoms with Crippen molar-refractivity contribution in [2.24, 2.45) is 0 Å². The summed E-state index contributed by atoms with van der Waals surface area (Å²) in [6.45, 7) is 0.164. The van der Waals surface area contributed by atoms with E-state index in [-0.39, 0.29) is 30.3 Å². The molecule has 0 bridgehead atoms. The number of benzene rings is 1. The maximum Gasteiger partial charge on any atom is 0.261 e. The Morgan fingerprint density at radius 3 is 2.90 bits per heavy atom. The predicted octanol–water partition coefficient (Wildman–Crippen LogP) is 1.86. The first kappa shape index (κ1) is 19.8. The van der Waals surface area contributed by atoms with Crippen molar-refractivity contribution >= 4 is 34.6 Å². The number of furan rings is 1. The third kappa shape index (κ3) is 4.58. The predicted molar refractivity (Wildman–Crippen MR) is 113 cm³/mol. The van der Waals surface area contributed by atoms with Gasteiger partial charge in [-0.3, -0.25) is 14.4 Å². The van der Waals surface area contributed by atoms with Gasteiger partial charge in [0.2, 0.25) is 11.8 Å². The smallest absolute Gasteiger partial charge is 0.261 e. The highest BCUT2D eigenvalue weighted by Gasteiger charge is 2.13. The number of aromatic amines is 1. The summed E-state index contributed by atoms with van der Waals surface area (Å²) in [4.78, 5) is 42.8. The van der Waals surface area contributed by atoms with Crippen LogP contribution in [-0.2, 0) is 9.59 Å². The number of nitrogens with zero attached hydrogens (tertiary/aromatic N) is 3. The second-order valence-electron chi connectivity index (χ2n) is 6.48. The van der Waals surface area contributed by atoms with Gasteiger partial charge in [-0.25, -0.2) is 9.67 Å². The van der Waals surface area contributed by atoms with E-state index in [1.165, 1.54) is 29.5 Å². The van der Waals surface area contributed by atoms with Crippen molar-refractivity contribution in [1.29, 1.82) is 0 Å². The lowest BCUT2D eigenvalue weighted by atomic mass is 10.2. The fraction of sp³-hybridized carbons (Fsp3) is 0.0952. The molecular weight excluding hydrogens is 400 g/mol. The van der Waals surface area contributed by atoms with Gasteiger partial charge in [0.15, 0.2) is 5.65 Å². The Morgan fingerprint density at radius 2 is 2.06 bits per heavy atom. The molecule has 3 N–H and O–H groups in total. The Morgan fingerprint density at radius 1 is 1.19 bits per heavy atom. The van der Waals surface area contributed by atoms with Gasteiger partial charge < -0.3 is 20.0 Å². The molecule has 3 aromatic heterocycles. The summed E-state index contributed by atoms with van der Waals surface area (Å²) in [5.74, 6) is -0.0546. The molecule has 156 valence electrons. The second-order valence-corrected chi connectivity index (χ2v) is 6.48. The molecule has 2 amide bonds. The molecule has 1 aromatic carbocycles. The Balaban J connectivity index is 1.39. The Kier molecular flexibility index (Phi) is 5.70. The summed E-state index contributed by atoms with van der Waals surface area (Å²) in [7, 11) is 0. The lowest BCUT2D eigenvalue weighted by Crippen LogP contribution is -2.26. The van der Waals surface area contributed by atoms with Crippen LogP contribution < -0.4 is 16.2 Å². The van der Waals surface area contributed by atoms with E-state index >= 15 is 0 Å². The lowest BCUT2D eigenvalue weighted by molar-refractivity contribution is -0.117. The van der Waals surface area contributed by atoms with Crippen molar-refractivity contribution in [2.75, 3.05) is 11.9 Å². The number of hydrogen-bond donors (Lipinski definition) is 3. The first-order valence-electron chi connectivity index (χ1n) is 9.42. The molecule has 4 aromatic rings. The van der Waals surface area contributed by atoms with Crippen LogP contribution in [0.2, 0.25) is 0 Å². The summed E-state index contributed by atoms with van der Waals surface area (Å²) in [6, 6.07) is 10.5. The quantitative estimate of drug-likeness (QED) is 0.392. The Bertz CT molecular complexity index is 1300. The van der Waals surface area contributed by atoms with Gasteiger partial charge in [0, 0.05) is 19.0 Å². The molecule has 0 saturated heterocycles. The molecule has 0 atom stereocenters. The largest absolute Gasteiger partial charge is 0.465 e. The highest BCUT2D eigenvalue weighted by Crippen LogP contribution is 2.22. The third-order valence-electron chi connectivity index (χ3n) is 4.37. The van der Waals surface area contributed by atoms with Crippen molar-refractivity contribution in [3.63, 3.8) is 0 Å². The summed E-state index contributed by atoms with van der Waals surface area (Å²) >= 11 is 0. The minimum Gasteiger partial charge on any atom is -0.465 e. The van der Waals surface area contributed by atoms with E-state index in [2.05, 4.69) is 25.7 Å². The summed E-state index contributed by atoms with van der Waals surface area (Å²) in [6.07, 6.45) is 7.19. The number of carbonyl (C=O) groups is 2. The fourth-order valence-corrected chi connectivity index (χ4v) is 2.91. The molecule has 3 heterocycles. The molecule has 0 radical (unpaired) electrons. The number of fused-ring (bicyclic) bond motifs is 1. The van der Waals surface area contributed by atoms with E-state index in [1.807, 2.05) is 0 Å². The standard InChI is InChI=1S/C21H18N6O4/c28-18(8-7-14-4-3-11-31-14)22-10-9-19(29)26-16-5-1-2-6-17(16)27-20-15(12-25-27)21(30)24-13-23-20/h1-8,11-13H,9-10H2,(H,22,28)(H,26,29)(H,23,24,30)/b8-7+. The SMILES string of the molecule is O=C(/C=C/c1ccco1)NCCC(=O)Nc1ccccc1-n1ncc2c(=O)[nH]cnc21. The van der Waals surface area contributed by atoms with E-state index in [4.69, 9.17) is 4.42 Å². The van der Waals surface area contributed by atoms with Crippen LogP contribution in [-0.4, -0.2) is 38.1 Å². The van der Waals surface area contributed by atoms with Crippen LogP contribution in [0.15, 0.2) is 70.5 Å². The van der Waals surface area contributed by atoms with Crippen LogP contribution in [0.5, 0.6) is 0 Å². The number of rotatable bonds is 7. The van der Waals surface area contributed by atoms with Crippen LogP contribution in [0, 0.1) is 0 Å². The van der Waals surface area contributed by atoms with E-state index in [0.29, 0.717) is 28.2 Å². The van der Waals surface area contributed by atoms with Gasteiger partial charge in [0.25, 0.3) is 5.56 Å². The molecule has 0 spiro atoms. The molecule has 4 rings (SSSR count). The highest BCUT2D eigenvalue weighted by molar-refractivity contribution is 5.94. The molecule has 0 aliphatic carbocycles. The van der Waals surface area contributed by atoms with E-state index in [1.54, 1.807) is 42.5 Å². The number of para-hydroxylation sites is 2. The number of aromatic nitrogens is 4. The van der Waals surface area contributed by atoms with Crippen LogP contribution in [0.1, 0.15) is 12.2 Å². The molecule has 0 saturated carbocycles. The van der Waals surface area contributed by atoms with Crippen LogP contribution >= 0.6 is 0 Å². The van der Waals surface area contributed by atoms with Crippen LogP contribution in [0.4, 0.5) is 5.69 Å². The molecule has 0 unspecified atom stereocenters. The average molecular weight is 418 g/mol. The molecule has 0 aliphatic rings. The number of nitrogens with one attached hydrogen (secondary N) is 3. The second kappa shape index (κ2) is 8.91. The first-order valence-corrected chi connectivity index (χ1v) is 9.42. The highest BCUT2D eigenvalue weighted by atomic mass is 16.3. The van der Waals surface area contributed by atoms with E-state index in [9.17, 15) is 14.4 Å². The molecular formula is C21H18N6O4. The van der Waals surface area contributed by atoms with Gasteiger partial charge in [-0.1, -0.05) is 12.1 Å². The molecule has 0 aliphatic heterocycles. The number of carbonyl (C=O) groups excluding carboxylic acids is 2. The Labute approximate surface area is 175 Å².